The fraction of sp³-hybridized carbons (Fsp3) is 0.680. The van der Waals surface area contributed by atoms with E-state index in [2.05, 4.69) is 19.2 Å². The number of hydrogen-bond donors (Lipinski definition) is 1. The lowest BCUT2D eigenvalue weighted by Gasteiger charge is -2.27. The summed E-state index contributed by atoms with van der Waals surface area (Å²) in [6.45, 7) is 11.8. The van der Waals surface area contributed by atoms with Crippen molar-refractivity contribution in [1.82, 2.24) is 10.2 Å². The van der Waals surface area contributed by atoms with Crippen molar-refractivity contribution in [3.8, 4) is 0 Å². The Hall–Kier alpha value is -1.73. The Labute approximate surface area is 197 Å². The van der Waals surface area contributed by atoms with Gasteiger partial charge in [0.15, 0.2) is 0 Å². The second kappa shape index (κ2) is 13.1. The lowest BCUT2D eigenvalue weighted by molar-refractivity contribution is -0.151. The van der Waals surface area contributed by atoms with E-state index >= 15 is 0 Å². The van der Waals surface area contributed by atoms with E-state index in [4.69, 9.17) is 9.47 Å². The van der Waals surface area contributed by atoms with Gasteiger partial charge in [-0.25, -0.2) is 4.79 Å². The fourth-order valence-corrected chi connectivity index (χ4v) is 4.71. The Balaban J connectivity index is 1.79. The second-order valence-corrected chi connectivity index (χ2v) is 10.9. The predicted molar refractivity (Wildman–Crippen MR) is 131 cm³/mol. The molecule has 6 nitrogen and oxygen atoms in total. The largest absolute Gasteiger partial charge is 0.459 e. The number of nitrogens with one attached hydrogen (secondary N) is 1. The summed E-state index contributed by atoms with van der Waals surface area (Å²) in [5.74, 6) is 1.57. The molecule has 1 aliphatic rings. The highest BCUT2D eigenvalue weighted by molar-refractivity contribution is 7.99. The first-order valence-electron chi connectivity index (χ1n) is 11.6. The van der Waals surface area contributed by atoms with Gasteiger partial charge in [0.05, 0.1) is 5.75 Å². The zero-order valence-corrected chi connectivity index (χ0v) is 21.1. The summed E-state index contributed by atoms with van der Waals surface area (Å²) in [5, 5.41) is 3.65. The number of esters is 1. The molecule has 1 aromatic carbocycles. The van der Waals surface area contributed by atoms with Crippen molar-refractivity contribution in [3.05, 3.63) is 35.9 Å². The van der Waals surface area contributed by atoms with Crippen molar-refractivity contribution < 1.29 is 19.1 Å². The molecule has 32 heavy (non-hydrogen) atoms. The molecule has 180 valence electrons. The average Bonchev–Trinajstić information content (AvgIpc) is 3.18. The Morgan fingerprint density at radius 1 is 1.22 bits per heavy atom. The molecule has 1 aliphatic heterocycles. The van der Waals surface area contributed by atoms with Gasteiger partial charge >= 0.3 is 12.1 Å². The maximum absolute atomic E-state index is 12.6. The van der Waals surface area contributed by atoms with Crippen LogP contribution >= 0.6 is 11.8 Å². The number of rotatable bonds is 11. The Morgan fingerprint density at radius 3 is 2.59 bits per heavy atom. The van der Waals surface area contributed by atoms with E-state index in [1.807, 2.05) is 56.0 Å². The van der Waals surface area contributed by atoms with Gasteiger partial charge in [-0.05, 0) is 51.5 Å². The minimum absolute atomic E-state index is 0.142. The van der Waals surface area contributed by atoms with Crippen LogP contribution < -0.4 is 5.32 Å². The molecule has 1 aromatic rings. The molecule has 0 radical (unpaired) electrons. The van der Waals surface area contributed by atoms with Crippen LogP contribution in [0.15, 0.2) is 30.3 Å². The van der Waals surface area contributed by atoms with Gasteiger partial charge < -0.3 is 19.7 Å². The van der Waals surface area contributed by atoms with Gasteiger partial charge in [-0.2, -0.15) is 0 Å². The van der Waals surface area contributed by atoms with Crippen LogP contribution in [-0.2, 0) is 20.9 Å². The minimum Gasteiger partial charge on any atom is -0.459 e. The average molecular weight is 465 g/mol. The first-order valence-corrected chi connectivity index (χ1v) is 12.8. The molecule has 1 amide bonds. The number of benzene rings is 1. The van der Waals surface area contributed by atoms with Crippen LogP contribution in [0.2, 0.25) is 0 Å². The monoisotopic (exact) mass is 464 g/mol. The van der Waals surface area contributed by atoms with E-state index < -0.39 is 5.60 Å². The van der Waals surface area contributed by atoms with E-state index in [-0.39, 0.29) is 24.1 Å². The quantitative estimate of drug-likeness (QED) is 0.472. The second-order valence-electron chi connectivity index (χ2n) is 9.87. The summed E-state index contributed by atoms with van der Waals surface area (Å²) >= 11 is 1.61. The summed E-state index contributed by atoms with van der Waals surface area (Å²) in [6.07, 6.45) is 2.76. The van der Waals surface area contributed by atoms with Crippen molar-refractivity contribution in [1.29, 1.82) is 0 Å². The lowest BCUT2D eigenvalue weighted by Crippen LogP contribution is -2.45. The SMILES string of the molecule is CC(C)CC(CSCC(=O)OC(C)(C)C)NCC1CCCN1C(=O)OCc1ccccc1. The molecular weight excluding hydrogens is 424 g/mol. The highest BCUT2D eigenvalue weighted by atomic mass is 32.2. The number of ether oxygens (including phenoxy) is 2. The molecule has 0 aliphatic carbocycles. The lowest BCUT2D eigenvalue weighted by atomic mass is 10.0. The topological polar surface area (TPSA) is 67.9 Å². The van der Waals surface area contributed by atoms with Crippen molar-refractivity contribution in [2.45, 2.75) is 78.2 Å². The summed E-state index contributed by atoms with van der Waals surface area (Å²) in [5.41, 5.74) is 0.544. The zero-order chi connectivity index (χ0) is 23.6. The molecule has 7 heteroatoms. The van der Waals surface area contributed by atoms with Crippen molar-refractivity contribution in [2.75, 3.05) is 24.6 Å². The number of likely N-dealkylation sites (tertiary alicyclic amines) is 1. The van der Waals surface area contributed by atoms with E-state index in [0.29, 0.717) is 18.3 Å². The number of thioether (sulfide) groups is 1. The van der Waals surface area contributed by atoms with Gasteiger partial charge in [0, 0.05) is 30.9 Å². The Morgan fingerprint density at radius 2 is 1.94 bits per heavy atom. The number of amides is 1. The van der Waals surface area contributed by atoms with Crippen molar-refractivity contribution in [3.63, 3.8) is 0 Å². The van der Waals surface area contributed by atoms with E-state index in [0.717, 1.165) is 43.7 Å². The van der Waals surface area contributed by atoms with Gasteiger partial charge in [0.25, 0.3) is 0 Å². The molecule has 1 saturated heterocycles. The summed E-state index contributed by atoms with van der Waals surface area (Å²) in [7, 11) is 0. The summed E-state index contributed by atoms with van der Waals surface area (Å²) < 4.78 is 10.9. The number of carbonyl (C=O) groups is 2. The molecule has 0 aromatic heterocycles. The third kappa shape index (κ3) is 10.3. The van der Waals surface area contributed by atoms with Crippen molar-refractivity contribution in [2.24, 2.45) is 5.92 Å². The van der Waals surface area contributed by atoms with Gasteiger partial charge in [-0.1, -0.05) is 44.2 Å². The van der Waals surface area contributed by atoms with Crippen LogP contribution in [0.25, 0.3) is 0 Å². The Kier molecular flexibility index (Phi) is 10.9. The van der Waals surface area contributed by atoms with Crippen LogP contribution in [0, 0.1) is 5.92 Å². The molecule has 2 unspecified atom stereocenters. The van der Waals surface area contributed by atoms with Crippen LogP contribution in [0.1, 0.15) is 59.4 Å². The standard InChI is InChI=1S/C25H40N2O4S/c1-19(2)14-21(17-32-18-23(28)31-25(3,4)5)26-15-22-12-9-13-27(22)24(29)30-16-20-10-7-6-8-11-20/h6-8,10-11,19,21-22,26H,9,12-18H2,1-5H3. The van der Waals surface area contributed by atoms with Crippen LogP contribution in [0.5, 0.6) is 0 Å². The maximum Gasteiger partial charge on any atom is 0.410 e. The molecule has 2 atom stereocenters. The van der Waals surface area contributed by atoms with Gasteiger partial charge in [-0.15, -0.1) is 11.8 Å². The van der Waals surface area contributed by atoms with Gasteiger partial charge in [-0.3, -0.25) is 4.79 Å². The zero-order valence-electron chi connectivity index (χ0n) is 20.3. The molecule has 0 bridgehead atoms. The molecule has 0 spiro atoms. The van der Waals surface area contributed by atoms with Crippen molar-refractivity contribution >= 4 is 23.8 Å². The van der Waals surface area contributed by atoms with Gasteiger partial charge in [0.1, 0.15) is 12.2 Å². The smallest absolute Gasteiger partial charge is 0.410 e. The van der Waals surface area contributed by atoms with Crippen LogP contribution in [0.3, 0.4) is 0 Å². The molecule has 2 rings (SSSR count). The van der Waals surface area contributed by atoms with E-state index in [1.165, 1.54) is 0 Å². The molecular formula is C25H40N2O4S. The minimum atomic E-state index is -0.450. The summed E-state index contributed by atoms with van der Waals surface area (Å²) in [6, 6.07) is 10.2. The number of nitrogens with zero attached hydrogens (tertiary/aromatic N) is 1. The van der Waals surface area contributed by atoms with Gasteiger partial charge in [0.2, 0.25) is 0 Å². The molecule has 1 fully saturated rings. The number of hydrogen-bond acceptors (Lipinski definition) is 6. The highest BCUT2D eigenvalue weighted by Crippen LogP contribution is 2.20. The van der Waals surface area contributed by atoms with Crippen LogP contribution in [-0.4, -0.2) is 59.2 Å². The first kappa shape index (κ1) is 26.5. The highest BCUT2D eigenvalue weighted by Gasteiger charge is 2.30. The fourth-order valence-electron chi connectivity index (χ4n) is 3.83. The molecule has 1 N–H and O–H groups in total. The molecule has 1 heterocycles. The summed E-state index contributed by atoms with van der Waals surface area (Å²) in [4.78, 5) is 26.5. The van der Waals surface area contributed by atoms with E-state index in [9.17, 15) is 9.59 Å². The molecule has 0 saturated carbocycles. The normalized spacial score (nSPS) is 17.4. The maximum atomic E-state index is 12.6. The third-order valence-corrected chi connectivity index (χ3v) is 6.25. The third-order valence-electron chi connectivity index (χ3n) is 5.17. The first-order chi connectivity index (χ1) is 15.1. The number of carbonyl (C=O) groups excluding carboxylic acids is 2. The Bertz CT molecular complexity index is 706. The van der Waals surface area contributed by atoms with E-state index in [1.54, 1.807) is 11.8 Å². The predicted octanol–water partition coefficient (Wildman–Crippen LogP) is 4.87. The van der Waals surface area contributed by atoms with Crippen LogP contribution in [0.4, 0.5) is 4.79 Å².